The molecule has 0 unspecified atom stereocenters. The molecule has 142 valence electrons. The van der Waals surface area contributed by atoms with Crippen molar-refractivity contribution in [2.75, 3.05) is 5.32 Å². The van der Waals surface area contributed by atoms with Crippen molar-refractivity contribution in [3.05, 3.63) is 64.7 Å². The standard InChI is InChI=1S/C22H26N2O3/c1-21(2)11-12-22(3,4)18-13-15(7-10-17(18)21)19(25)23-16-8-5-14(6-9-16)20(26)24-27/h5-10,13,27H,11-12H2,1-4H3,(H,23,25)(H,24,26). The van der Waals surface area contributed by atoms with E-state index in [2.05, 4.69) is 39.1 Å². The van der Waals surface area contributed by atoms with Crippen molar-refractivity contribution in [3.63, 3.8) is 0 Å². The fourth-order valence-electron chi connectivity index (χ4n) is 3.70. The maximum Gasteiger partial charge on any atom is 0.274 e. The van der Waals surface area contributed by atoms with Crippen molar-refractivity contribution < 1.29 is 14.8 Å². The third-order valence-electron chi connectivity index (χ3n) is 5.62. The monoisotopic (exact) mass is 366 g/mol. The van der Waals surface area contributed by atoms with Crippen LogP contribution in [0.3, 0.4) is 0 Å². The summed E-state index contributed by atoms with van der Waals surface area (Å²) >= 11 is 0. The van der Waals surface area contributed by atoms with Crippen LogP contribution < -0.4 is 10.8 Å². The number of carbonyl (C=O) groups excluding carboxylic acids is 2. The number of anilines is 1. The minimum absolute atomic E-state index is 0.0421. The van der Waals surface area contributed by atoms with Gasteiger partial charge in [0.25, 0.3) is 11.8 Å². The fraction of sp³-hybridized carbons (Fsp3) is 0.364. The Labute approximate surface area is 159 Å². The van der Waals surface area contributed by atoms with Gasteiger partial charge >= 0.3 is 0 Å². The summed E-state index contributed by atoms with van der Waals surface area (Å²) in [6.07, 6.45) is 2.22. The maximum atomic E-state index is 12.7. The highest BCUT2D eigenvalue weighted by Crippen LogP contribution is 2.45. The number of hydrogen-bond acceptors (Lipinski definition) is 3. The minimum Gasteiger partial charge on any atom is -0.322 e. The van der Waals surface area contributed by atoms with Gasteiger partial charge in [0.05, 0.1) is 0 Å². The van der Waals surface area contributed by atoms with Crippen molar-refractivity contribution in [1.82, 2.24) is 5.48 Å². The van der Waals surface area contributed by atoms with Gasteiger partial charge in [0.2, 0.25) is 0 Å². The number of hydroxylamine groups is 1. The average molecular weight is 366 g/mol. The van der Waals surface area contributed by atoms with Crippen LogP contribution in [-0.2, 0) is 10.8 Å². The van der Waals surface area contributed by atoms with E-state index in [-0.39, 0.29) is 16.7 Å². The van der Waals surface area contributed by atoms with Crippen LogP contribution in [0.5, 0.6) is 0 Å². The van der Waals surface area contributed by atoms with Gasteiger partial charge in [0.1, 0.15) is 0 Å². The van der Waals surface area contributed by atoms with Crippen molar-refractivity contribution in [2.24, 2.45) is 0 Å². The van der Waals surface area contributed by atoms with E-state index in [9.17, 15) is 9.59 Å². The molecule has 1 aliphatic carbocycles. The number of hydrogen-bond donors (Lipinski definition) is 3. The van der Waals surface area contributed by atoms with Gasteiger partial charge in [-0.1, -0.05) is 33.8 Å². The lowest BCUT2D eigenvalue weighted by Gasteiger charge is -2.42. The second-order valence-corrected chi connectivity index (χ2v) is 8.50. The maximum absolute atomic E-state index is 12.7. The Kier molecular flexibility index (Phi) is 4.82. The molecule has 0 saturated heterocycles. The van der Waals surface area contributed by atoms with E-state index in [1.54, 1.807) is 29.7 Å². The first-order chi connectivity index (χ1) is 12.6. The highest BCUT2D eigenvalue weighted by molar-refractivity contribution is 6.04. The highest BCUT2D eigenvalue weighted by atomic mass is 16.5. The molecule has 1 aliphatic rings. The Morgan fingerprint density at radius 3 is 1.96 bits per heavy atom. The van der Waals surface area contributed by atoms with E-state index in [0.29, 0.717) is 16.8 Å². The van der Waals surface area contributed by atoms with Gasteiger partial charge in [-0.15, -0.1) is 0 Å². The quantitative estimate of drug-likeness (QED) is 0.556. The largest absolute Gasteiger partial charge is 0.322 e. The first-order valence-corrected chi connectivity index (χ1v) is 9.15. The molecule has 0 heterocycles. The fourth-order valence-corrected chi connectivity index (χ4v) is 3.70. The van der Waals surface area contributed by atoms with E-state index >= 15 is 0 Å². The number of carbonyl (C=O) groups is 2. The van der Waals surface area contributed by atoms with Crippen molar-refractivity contribution in [2.45, 2.75) is 51.4 Å². The summed E-state index contributed by atoms with van der Waals surface area (Å²) in [7, 11) is 0. The summed E-state index contributed by atoms with van der Waals surface area (Å²) in [5.74, 6) is -0.774. The molecule has 0 spiro atoms. The van der Waals surface area contributed by atoms with Gasteiger partial charge < -0.3 is 5.32 Å². The molecule has 0 aromatic heterocycles. The molecule has 5 nitrogen and oxygen atoms in total. The Bertz CT molecular complexity index is 883. The van der Waals surface area contributed by atoms with Gasteiger partial charge in [-0.25, -0.2) is 5.48 Å². The van der Waals surface area contributed by atoms with E-state index in [1.807, 2.05) is 12.1 Å². The molecule has 2 amide bonds. The molecule has 0 bridgehead atoms. The molecule has 27 heavy (non-hydrogen) atoms. The molecule has 0 fully saturated rings. The number of rotatable bonds is 3. The second kappa shape index (κ2) is 6.82. The second-order valence-electron chi connectivity index (χ2n) is 8.50. The van der Waals surface area contributed by atoms with Crippen LogP contribution in [0.2, 0.25) is 0 Å². The summed E-state index contributed by atoms with van der Waals surface area (Å²) in [5, 5.41) is 11.5. The predicted octanol–water partition coefficient (Wildman–Crippen LogP) is 4.41. The van der Waals surface area contributed by atoms with Crippen LogP contribution in [0.15, 0.2) is 42.5 Å². The topological polar surface area (TPSA) is 78.4 Å². The Balaban J connectivity index is 1.85. The molecular formula is C22H26N2O3. The number of amides is 2. The molecule has 5 heteroatoms. The molecule has 3 N–H and O–H groups in total. The van der Waals surface area contributed by atoms with Gasteiger partial charge in [-0.2, -0.15) is 0 Å². The van der Waals surface area contributed by atoms with Crippen molar-refractivity contribution >= 4 is 17.5 Å². The molecule has 0 atom stereocenters. The van der Waals surface area contributed by atoms with Gasteiger partial charge in [-0.3, -0.25) is 14.8 Å². The van der Waals surface area contributed by atoms with Crippen LogP contribution in [0.25, 0.3) is 0 Å². The number of benzene rings is 2. The number of nitrogens with one attached hydrogen (secondary N) is 2. The Morgan fingerprint density at radius 2 is 1.37 bits per heavy atom. The van der Waals surface area contributed by atoms with Crippen LogP contribution in [0, 0.1) is 0 Å². The summed E-state index contributed by atoms with van der Waals surface area (Å²) in [4.78, 5) is 24.1. The molecular weight excluding hydrogens is 340 g/mol. The normalized spacial score (nSPS) is 16.9. The Hall–Kier alpha value is -2.66. The number of fused-ring (bicyclic) bond motifs is 1. The van der Waals surface area contributed by atoms with Crippen molar-refractivity contribution in [3.8, 4) is 0 Å². The lowest BCUT2D eigenvalue weighted by atomic mass is 9.63. The minimum atomic E-state index is -0.590. The van der Waals surface area contributed by atoms with Crippen molar-refractivity contribution in [1.29, 1.82) is 0 Å². The lowest BCUT2D eigenvalue weighted by Crippen LogP contribution is -2.34. The lowest BCUT2D eigenvalue weighted by molar-refractivity contribution is 0.0706. The summed E-state index contributed by atoms with van der Waals surface area (Å²) in [5.41, 5.74) is 5.82. The van der Waals surface area contributed by atoms with E-state index in [0.717, 1.165) is 12.8 Å². The molecule has 3 rings (SSSR count). The summed E-state index contributed by atoms with van der Waals surface area (Å²) in [6, 6.07) is 12.3. The zero-order chi connectivity index (χ0) is 19.8. The summed E-state index contributed by atoms with van der Waals surface area (Å²) < 4.78 is 0. The smallest absolute Gasteiger partial charge is 0.274 e. The van der Waals surface area contributed by atoms with Gasteiger partial charge in [0.15, 0.2) is 0 Å². The first kappa shape index (κ1) is 19.1. The predicted molar refractivity (Wildman–Crippen MR) is 105 cm³/mol. The van der Waals surface area contributed by atoms with Crippen LogP contribution >= 0.6 is 0 Å². The van der Waals surface area contributed by atoms with Crippen LogP contribution in [0.1, 0.15) is 72.4 Å². The highest BCUT2D eigenvalue weighted by Gasteiger charge is 2.37. The molecule has 2 aromatic carbocycles. The van der Waals surface area contributed by atoms with Crippen LogP contribution in [-0.4, -0.2) is 17.0 Å². The SMILES string of the molecule is CC1(C)CCC(C)(C)c2cc(C(=O)Nc3ccc(C(=O)NO)cc3)ccc21. The van der Waals surface area contributed by atoms with E-state index < -0.39 is 5.91 Å². The van der Waals surface area contributed by atoms with Gasteiger partial charge in [-0.05, 0) is 71.2 Å². The zero-order valence-corrected chi connectivity index (χ0v) is 16.2. The zero-order valence-electron chi connectivity index (χ0n) is 16.2. The Morgan fingerprint density at radius 1 is 0.815 bits per heavy atom. The third-order valence-corrected chi connectivity index (χ3v) is 5.62. The van der Waals surface area contributed by atoms with E-state index in [4.69, 9.17) is 5.21 Å². The molecule has 0 radical (unpaired) electrons. The molecule has 0 aliphatic heterocycles. The summed E-state index contributed by atoms with van der Waals surface area (Å²) in [6.45, 7) is 8.97. The van der Waals surface area contributed by atoms with Crippen LogP contribution in [0.4, 0.5) is 5.69 Å². The molecule has 0 saturated carbocycles. The first-order valence-electron chi connectivity index (χ1n) is 9.15. The van der Waals surface area contributed by atoms with E-state index in [1.165, 1.54) is 11.1 Å². The van der Waals surface area contributed by atoms with Gasteiger partial charge in [0, 0.05) is 16.8 Å². The molecule has 2 aromatic rings. The average Bonchev–Trinajstić information content (AvgIpc) is 2.65. The third kappa shape index (κ3) is 3.74.